The number of hydrogen-bond donors (Lipinski definition) is 2. The van der Waals surface area contributed by atoms with Crippen molar-refractivity contribution in [3.63, 3.8) is 0 Å². The fourth-order valence-electron chi connectivity index (χ4n) is 2.73. The topological polar surface area (TPSA) is 110 Å². The molecule has 2 aromatic heterocycles. The predicted molar refractivity (Wildman–Crippen MR) is 91.5 cm³/mol. The second-order valence-electron chi connectivity index (χ2n) is 5.76. The third kappa shape index (κ3) is 3.37. The van der Waals surface area contributed by atoms with Crippen LogP contribution in [0.3, 0.4) is 0 Å². The molecule has 0 unspecified atom stereocenters. The summed E-state index contributed by atoms with van der Waals surface area (Å²) in [6, 6.07) is 7.03. The molecule has 0 bridgehead atoms. The molecule has 0 saturated heterocycles. The monoisotopic (exact) mass is 342 g/mol. The zero-order valence-corrected chi connectivity index (χ0v) is 14.0. The number of aromatic amines is 1. The van der Waals surface area contributed by atoms with Gasteiger partial charge >= 0.3 is 11.1 Å². The molecule has 8 nitrogen and oxygen atoms in total. The number of nitrogens with zero attached hydrogens (tertiary/aromatic N) is 2. The smallest absolute Gasteiger partial charge is 0.316 e. The minimum Gasteiger partial charge on any atom is -0.361 e. The van der Waals surface area contributed by atoms with Crippen molar-refractivity contribution >= 4 is 16.9 Å². The van der Waals surface area contributed by atoms with Crippen LogP contribution < -0.4 is 16.4 Å². The van der Waals surface area contributed by atoms with E-state index in [9.17, 15) is 14.4 Å². The van der Waals surface area contributed by atoms with E-state index in [-0.39, 0.29) is 25.4 Å². The highest BCUT2D eigenvalue weighted by Gasteiger charge is 2.13. The van der Waals surface area contributed by atoms with Crippen molar-refractivity contribution in [3.8, 4) is 0 Å². The lowest BCUT2D eigenvalue weighted by Gasteiger charge is -2.10. The van der Waals surface area contributed by atoms with Crippen LogP contribution in [-0.4, -0.2) is 27.2 Å². The number of carbonyl (C=O) groups excluding carboxylic acids is 1. The number of para-hydroxylation sites is 2. The molecular formula is C17H18N4O4. The normalized spacial score (nSPS) is 11.0. The summed E-state index contributed by atoms with van der Waals surface area (Å²) in [7, 11) is 0. The van der Waals surface area contributed by atoms with Crippen molar-refractivity contribution in [3.05, 3.63) is 62.0 Å². The number of aromatic nitrogens is 3. The van der Waals surface area contributed by atoms with Gasteiger partial charge in [0.25, 0.3) is 0 Å². The van der Waals surface area contributed by atoms with Crippen molar-refractivity contribution in [2.24, 2.45) is 0 Å². The number of carbonyl (C=O) groups is 1. The summed E-state index contributed by atoms with van der Waals surface area (Å²) in [5.41, 5.74) is 1.32. The molecule has 0 fully saturated rings. The Hall–Kier alpha value is -3.16. The minimum absolute atomic E-state index is 0.159. The summed E-state index contributed by atoms with van der Waals surface area (Å²) in [5, 5.41) is 6.57. The van der Waals surface area contributed by atoms with Crippen LogP contribution in [-0.2, 0) is 17.8 Å². The number of H-pyrrole nitrogens is 1. The van der Waals surface area contributed by atoms with Gasteiger partial charge in [0.1, 0.15) is 5.76 Å². The second kappa shape index (κ2) is 6.76. The Balaban J connectivity index is 1.71. The molecule has 3 rings (SSSR count). The molecule has 1 aromatic carbocycles. The first kappa shape index (κ1) is 16.7. The first-order valence-electron chi connectivity index (χ1n) is 7.87. The van der Waals surface area contributed by atoms with Crippen LogP contribution in [0.4, 0.5) is 0 Å². The highest BCUT2D eigenvalue weighted by atomic mass is 16.5. The first-order chi connectivity index (χ1) is 12.0. The molecule has 0 aliphatic carbocycles. The number of nitrogens with one attached hydrogen (secondary N) is 2. The van der Waals surface area contributed by atoms with Crippen LogP contribution in [0, 0.1) is 13.8 Å². The number of amides is 1. The minimum atomic E-state index is -0.680. The van der Waals surface area contributed by atoms with E-state index in [1.54, 1.807) is 38.1 Å². The van der Waals surface area contributed by atoms with Crippen LogP contribution in [0.25, 0.3) is 11.0 Å². The number of benzene rings is 1. The van der Waals surface area contributed by atoms with Gasteiger partial charge in [-0.25, -0.2) is 0 Å². The maximum Gasteiger partial charge on any atom is 0.316 e. The van der Waals surface area contributed by atoms with Gasteiger partial charge in [0.15, 0.2) is 0 Å². The average Bonchev–Trinajstić information content (AvgIpc) is 2.90. The first-order valence-corrected chi connectivity index (χ1v) is 7.87. The summed E-state index contributed by atoms with van der Waals surface area (Å²) in [5.74, 6) is 0.418. The van der Waals surface area contributed by atoms with E-state index in [1.807, 2.05) is 0 Å². The molecular weight excluding hydrogens is 324 g/mol. The fourth-order valence-corrected chi connectivity index (χ4v) is 2.73. The van der Waals surface area contributed by atoms with Gasteiger partial charge in [-0.2, -0.15) is 0 Å². The number of fused-ring (bicyclic) bond motifs is 1. The zero-order chi connectivity index (χ0) is 18.0. The number of hydrogen-bond acceptors (Lipinski definition) is 5. The summed E-state index contributed by atoms with van der Waals surface area (Å²) >= 11 is 0. The summed E-state index contributed by atoms with van der Waals surface area (Å²) in [6.07, 6.45) is 0.159. The third-order valence-corrected chi connectivity index (χ3v) is 4.06. The van der Waals surface area contributed by atoms with Crippen LogP contribution in [0.15, 0.2) is 38.4 Å². The van der Waals surface area contributed by atoms with Gasteiger partial charge in [-0.15, -0.1) is 0 Å². The molecule has 1 amide bonds. The molecule has 130 valence electrons. The van der Waals surface area contributed by atoms with E-state index < -0.39 is 11.1 Å². The molecule has 0 atom stereocenters. The van der Waals surface area contributed by atoms with Crippen molar-refractivity contribution in [2.75, 3.05) is 6.54 Å². The maximum absolute atomic E-state index is 12.1. The van der Waals surface area contributed by atoms with E-state index in [0.29, 0.717) is 22.5 Å². The molecule has 8 heteroatoms. The Bertz CT molecular complexity index is 1030. The SMILES string of the molecule is Cc1noc(C)c1CC(=O)NCCn1c(=O)c(=O)[nH]c2ccccc21. The lowest BCUT2D eigenvalue weighted by Crippen LogP contribution is -2.39. The third-order valence-electron chi connectivity index (χ3n) is 4.06. The van der Waals surface area contributed by atoms with E-state index in [2.05, 4.69) is 15.5 Å². The Labute approximate surface area is 142 Å². The van der Waals surface area contributed by atoms with E-state index in [1.165, 1.54) is 4.57 Å². The Morgan fingerprint density at radius 2 is 2.04 bits per heavy atom. The predicted octanol–water partition coefficient (Wildman–Crippen LogP) is 0.654. The Morgan fingerprint density at radius 1 is 1.28 bits per heavy atom. The maximum atomic E-state index is 12.1. The largest absolute Gasteiger partial charge is 0.361 e. The van der Waals surface area contributed by atoms with Crippen molar-refractivity contribution in [1.82, 2.24) is 20.0 Å². The second-order valence-corrected chi connectivity index (χ2v) is 5.76. The van der Waals surface area contributed by atoms with E-state index in [4.69, 9.17) is 4.52 Å². The molecule has 2 N–H and O–H groups in total. The van der Waals surface area contributed by atoms with Crippen LogP contribution in [0.5, 0.6) is 0 Å². The lowest BCUT2D eigenvalue weighted by molar-refractivity contribution is -0.120. The summed E-state index contributed by atoms with van der Waals surface area (Å²) < 4.78 is 6.40. The molecule has 25 heavy (non-hydrogen) atoms. The van der Waals surface area contributed by atoms with Gasteiger partial charge in [0.2, 0.25) is 5.91 Å². The van der Waals surface area contributed by atoms with Crippen LogP contribution >= 0.6 is 0 Å². The number of aryl methyl sites for hydroxylation is 2. The summed E-state index contributed by atoms with van der Waals surface area (Å²) in [6.45, 7) is 3.97. The molecule has 0 spiro atoms. The lowest BCUT2D eigenvalue weighted by atomic mass is 10.1. The van der Waals surface area contributed by atoms with Gasteiger partial charge < -0.3 is 19.4 Å². The standard InChI is InChI=1S/C17H18N4O4/c1-10-12(11(2)25-20-10)9-15(22)18-7-8-21-14-6-4-3-5-13(14)19-16(23)17(21)24/h3-6H,7-9H2,1-2H3,(H,18,22)(H,19,23). The Kier molecular flexibility index (Phi) is 4.51. The number of rotatable bonds is 5. The quantitative estimate of drug-likeness (QED) is 0.662. The van der Waals surface area contributed by atoms with Crippen molar-refractivity contribution in [1.29, 1.82) is 0 Å². The molecule has 0 aliphatic heterocycles. The van der Waals surface area contributed by atoms with Gasteiger partial charge in [-0.05, 0) is 26.0 Å². The van der Waals surface area contributed by atoms with Crippen LogP contribution in [0.2, 0.25) is 0 Å². The molecule has 3 aromatic rings. The van der Waals surface area contributed by atoms with Gasteiger partial charge in [0, 0.05) is 18.7 Å². The van der Waals surface area contributed by atoms with Gasteiger partial charge in [-0.3, -0.25) is 14.4 Å². The van der Waals surface area contributed by atoms with E-state index in [0.717, 1.165) is 5.56 Å². The Morgan fingerprint density at radius 3 is 2.76 bits per heavy atom. The summed E-state index contributed by atoms with van der Waals surface area (Å²) in [4.78, 5) is 38.5. The molecule has 2 heterocycles. The average molecular weight is 342 g/mol. The van der Waals surface area contributed by atoms with Gasteiger partial charge in [-0.1, -0.05) is 17.3 Å². The molecule has 0 radical (unpaired) electrons. The van der Waals surface area contributed by atoms with Crippen molar-refractivity contribution < 1.29 is 9.32 Å². The highest BCUT2D eigenvalue weighted by Crippen LogP contribution is 2.12. The van der Waals surface area contributed by atoms with Gasteiger partial charge in [0.05, 0.1) is 23.1 Å². The molecule has 0 aliphatic rings. The fraction of sp³-hybridized carbons (Fsp3) is 0.294. The zero-order valence-electron chi connectivity index (χ0n) is 14.0. The van der Waals surface area contributed by atoms with E-state index >= 15 is 0 Å². The van der Waals surface area contributed by atoms with Crippen molar-refractivity contribution in [2.45, 2.75) is 26.8 Å². The highest BCUT2D eigenvalue weighted by molar-refractivity contribution is 5.79. The molecule has 0 saturated carbocycles. The van der Waals surface area contributed by atoms with Crippen LogP contribution in [0.1, 0.15) is 17.0 Å².